The number of unbranched alkanes of at least 4 members (excludes halogenated alkanes) is 10. The Bertz CT molecular complexity index is 233. The van der Waals surface area contributed by atoms with Gasteiger partial charge in [-0.05, 0) is 19.3 Å². The number of carbonyl (C=O) groups is 1. The molecule has 1 amide bonds. The monoisotopic (exact) mass is 317 g/mol. The van der Waals surface area contributed by atoms with Gasteiger partial charge in [0, 0.05) is 25.9 Å². The van der Waals surface area contributed by atoms with Crippen molar-refractivity contribution in [2.24, 2.45) is 0 Å². The molecule has 0 aromatic heterocycles. The Labute approximate surface area is 137 Å². The normalized spacial score (nSPS) is 10.8. The van der Waals surface area contributed by atoms with Crippen LogP contribution >= 0.6 is 11.6 Å². The number of hydrogen-bond acceptors (Lipinski definition) is 1. The predicted octanol–water partition coefficient (Wildman–Crippen LogP) is 5.77. The molecule has 0 rings (SSSR count). The first kappa shape index (κ1) is 20.8. The summed E-state index contributed by atoms with van der Waals surface area (Å²) in [4.78, 5) is 13.8. The van der Waals surface area contributed by atoms with Gasteiger partial charge in [0.25, 0.3) is 0 Å². The molecule has 0 aliphatic rings. The maximum Gasteiger partial charge on any atom is 0.222 e. The highest BCUT2D eigenvalue weighted by molar-refractivity contribution is 6.17. The van der Waals surface area contributed by atoms with Gasteiger partial charge in [-0.2, -0.15) is 0 Å². The van der Waals surface area contributed by atoms with Gasteiger partial charge in [-0.1, -0.05) is 64.7 Å². The summed E-state index contributed by atoms with van der Waals surface area (Å²) in [7, 11) is 1.93. The molecule has 21 heavy (non-hydrogen) atoms. The summed E-state index contributed by atoms with van der Waals surface area (Å²) in [5, 5.41) is 0. The van der Waals surface area contributed by atoms with Crippen LogP contribution in [0.5, 0.6) is 0 Å². The molecule has 0 saturated heterocycles. The van der Waals surface area contributed by atoms with Gasteiger partial charge >= 0.3 is 0 Å². The van der Waals surface area contributed by atoms with Crippen LogP contribution in [0.1, 0.15) is 90.4 Å². The second kappa shape index (κ2) is 16.1. The van der Waals surface area contributed by atoms with Gasteiger partial charge < -0.3 is 4.90 Å². The van der Waals surface area contributed by atoms with E-state index in [1.807, 2.05) is 11.9 Å². The minimum Gasteiger partial charge on any atom is -0.346 e. The molecule has 0 unspecified atom stereocenters. The lowest BCUT2D eigenvalue weighted by atomic mass is 10.1. The Kier molecular flexibility index (Phi) is 16.0. The van der Waals surface area contributed by atoms with Crippen molar-refractivity contribution in [3.8, 4) is 0 Å². The van der Waals surface area contributed by atoms with Gasteiger partial charge in [0.05, 0.1) is 0 Å². The second-order valence-corrected chi connectivity index (χ2v) is 6.52. The van der Waals surface area contributed by atoms with Crippen molar-refractivity contribution in [2.45, 2.75) is 90.4 Å². The first-order valence-electron chi connectivity index (χ1n) is 9.02. The van der Waals surface area contributed by atoms with E-state index in [1.165, 1.54) is 51.4 Å². The second-order valence-electron chi connectivity index (χ2n) is 6.14. The van der Waals surface area contributed by atoms with Gasteiger partial charge in [-0.15, -0.1) is 11.6 Å². The van der Waals surface area contributed by atoms with Crippen molar-refractivity contribution in [1.82, 2.24) is 4.90 Å². The van der Waals surface area contributed by atoms with Crippen LogP contribution < -0.4 is 0 Å². The molecule has 0 aromatic rings. The topological polar surface area (TPSA) is 20.3 Å². The van der Waals surface area contributed by atoms with Gasteiger partial charge in [0.1, 0.15) is 0 Å². The summed E-state index contributed by atoms with van der Waals surface area (Å²) in [6.45, 7) is 3.14. The molecule has 0 saturated carbocycles. The molecule has 0 atom stereocenters. The molecular weight excluding hydrogens is 282 g/mol. The lowest BCUT2D eigenvalue weighted by molar-refractivity contribution is -0.130. The third-order valence-electron chi connectivity index (χ3n) is 4.05. The zero-order chi connectivity index (χ0) is 15.8. The van der Waals surface area contributed by atoms with Crippen molar-refractivity contribution in [3.05, 3.63) is 0 Å². The summed E-state index contributed by atoms with van der Waals surface area (Å²) >= 11 is 5.64. The maximum absolute atomic E-state index is 11.9. The fourth-order valence-electron chi connectivity index (χ4n) is 2.52. The number of amides is 1. The summed E-state index contributed by atoms with van der Waals surface area (Å²) in [6, 6.07) is 0. The highest BCUT2D eigenvalue weighted by atomic mass is 35.5. The van der Waals surface area contributed by atoms with E-state index in [2.05, 4.69) is 6.92 Å². The molecule has 0 bridgehead atoms. The van der Waals surface area contributed by atoms with Crippen molar-refractivity contribution < 1.29 is 4.79 Å². The smallest absolute Gasteiger partial charge is 0.222 e. The number of halogens is 1. The molecule has 0 spiro atoms. The average molecular weight is 318 g/mol. The Morgan fingerprint density at radius 3 is 1.90 bits per heavy atom. The lowest BCUT2D eigenvalue weighted by Crippen LogP contribution is -2.27. The number of alkyl halides is 1. The van der Waals surface area contributed by atoms with Gasteiger partial charge in [-0.3, -0.25) is 4.79 Å². The molecule has 0 heterocycles. The summed E-state index contributed by atoms with van der Waals surface area (Å²) in [5.41, 5.74) is 0. The standard InChI is InChI=1S/C18H36ClNO/c1-3-4-5-6-7-8-9-10-12-15-18(21)20(2)17-14-11-13-16-19/h3-17H2,1-2H3. The first-order chi connectivity index (χ1) is 10.2. The summed E-state index contributed by atoms with van der Waals surface area (Å²) in [6.07, 6.45) is 15.7. The number of rotatable bonds is 15. The molecule has 0 aliphatic carbocycles. The first-order valence-corrected chi connectivity index (χ1v) is 9.55. The molecule has 0 aliphatic heterocycles. The zero-order valence-corrected chi connectivity index (χ0v) is 15.1. The lowest BCUT2D eigenvalue weighted by Gasteiger charge is -2.16. The van der Waals surface area contributed by atoms with Crippen LogP contribution in [0, 0.1) is 0 Å². The quantitative estimate of drug-likeness (QED) is 0.277. The minimum atomic E-state index is 0.309. The van der Waals surface area contributed by atoms with Crippen LogP contribution in [0.2, 0.25) is 0 Å². The predicted molar refractivity (Wildman–Crippen MR) is 94.1 cm³/mol. The SMILES string of the molecule is CCCCCCCCCCCC(=O)N(C)CCCCCCl. The molecule has 0 N–H and O–H groups in total. The highest BCUT2D eigenvalue weighted by Gasteiger charge is 2.07. The van der Waals surface area contributed by atoms with E-state index in [4.69, 9.17) is 11.6 Å². The Balaban J connectivity index is 3.32. The number of carbonyl (C=O) groups excluding carboxylic acids is 1. The van der Waals surface area contributed by atoms with Crippen molar-refractivity contribution >= 4 is 17.5 Å². The van der Waals surface area contributed by atoms with Crippen LogP contribution in [0.15, 0.2) is 0 Å². The number of hydrogen-bond donors (Lipinski definition) is 0. The fourth-order valence-corrected chi connectivity index (χ4v) is 2.71. The Hall–Kier alpha value is -0.240. The molecule has 0 fully saturated rings. The molecule has 0 radical (unpaired) electrons. The summed E-state index contributed by atoms with van der Waals surface area (Å²) in [5.74, 6) is 1.04. The van der Waals surface area contributed by atoms with Gasteiger partial charge in [-0.25, -0.2) is 0 Å². The largest absolute Gasteiger partial charge is 0.346 e. The highest BCUT2D eigenvalue weighted by Crippen LogP contribution is 2.11. The van der Waals surface area contributed by atoms with Gasteiger partial charge in [0.2, 0.25) is 5.91 Å². The maximum atomic E-state index is 11.9. The van der Waals surface area contributed by atoms with E-state index in [0.717, 1.165) is 44.5 Å². The van der Waals surface area contributed by atoms with Crippen LogP contribution in [-0.2, 0) is 4.79 Å². The fraction of sp³-hybridized carbons (Fsp3) is 0.944. The molecule has 0 aromatic carbocycles. The van der Waals surface area contributed by atoms with E-state index in [-0.39, 0.29) is 0 Å². The molecule has 126 valence electrons. The zero-order valence-electron chi connectivity index (χ0n) is 14.3. The van der Waals surface area contributed by atoms with Crippen molar-refractivity contribution in [1.29, 1.82) is 0 Å². The van der Waals surface area contributed by atoms with Crippen LogP contribution in [0.3, 0.4) is 0 Å². The molecular formula is C18H36ClNO. The Morgan fingerprint density at radius 2 is 1.33 bits per heavy atom. The third kappa shape index (κ3) is 14.5. The van der Waals surface area contributed by atoms with Crippen LogP contribution in [0.25, 0.3) is 0 Å². The van der Waals surface area contributed by atoms with Crippen LogP contribution in [-0.4, -0.2) is 30.3 Å². The third-order valence-corrected chi connectivity index (χ3v) is 4.31. The van der Waals surface area contributed by atoms with E-state index < -0.39 is 0 Å². The van der Waals surface area contributed by atoms with E-state index >= 15 is 0 Å². The van der Waals surface area contributed by atoms with Crippen molar-refractivity contribution in [3.63, 3.8) is 0 Å². The van der Waals surface area contributed by atoms with E-state index in [0.29, 0.717) is 5.91 Å². The number of nitrogens with zero attached hydrogens (tertiary/aromatic N) is 1. The van der Waals surface area contributed by atoms with E-state index in [1.54, 1.807) is 0 Å². The Morgan fingerprint density at radius 1 is 0.810 bits per heavy atom. The summed E-state index contributed by atoms with van der Waals surface area (Å²) < 4.78 is 0. The van der Waals surface area contributed by atoms with Crippen molar-refractivity contribution in [2.75, 3.05) is 19.5 Å². The molecule has 3 heteroatoms. The van der Waals surface area contributed by atoms with E-state index in [9.17, 15) is 4.79 Å². The van der Waals surface area contributed by atoms with Crippen LogP contribution in [0.4, 0.5) is 0 Å². The minimum absolute atomic E-state index is 0.309. The van der Waals surface area contributed by atoms with Gasteiger partial charge in [0.15, 0.2) is 0 Å². The average Bonchev–Trinajstić information content (AvgIpc) is 2.49. The molecule has 2 nitrogen and oxygen atoms in total.